The van der Waals surface area contributed by atoms with Crippen LogP contribution in [0.25, 0.3) is 11.1 Å². The Balaban J connectivity index is 1.84. The molecule has 0 bridgehead atoms. The first-order chi connectivity index (χ1) is 15.2. The van der Waals surface area contributed by atoms with Crippen molar-refractivity contribution in [2.24, 2.45) is 23.8 Å². The molecule has 0 aliphatic rings. The first-order valence-electron chi connectivity index (χ1n) is 12.0. The summed E-state index contributed by atoms with van der Waals surface area (Å²) >= 11 is 0. The van der Waals surface area contributed by atoms with Gasteiger partial charge in [-0.1, -0.05) is 72.7 Å². The van der Waals surface area contributed by atoms with Gasteiger partial charge in [-0.25, -0.2) is 0 Å². The molecule has 0 saturated heterocycles. The molecule has 0 unspecified atom stereocenters. The van der Waals surface area contributed by atoms with Crippen molar-refractivity contribution in [2.45, 2.75) is 67.7 Å². The summed E-state index contributed by atoms with van der Waals surface area (Å²) in [6.07, 6.45) is 4.39. The van der Waals surface area contributed by atoms with Gasteiger partial charge in [0.25, 0.3) is 5.91 Å². The van der Waals surface area contributed by atoms with Crippen molar-refractivity contribution in [3.63, 3.8) is 0 Å². The molecule has 0 fully saturated rings. The number of hydrogen-bond donors (Lipinski definition) is 1. The van der Waals surface area contributed by atoms with Gasteiger partial charge >= 0.3 is 5.97 Å². The molecular weight excluding hydrogens is 412 g/mol. The fourth-order valence-electron chi connectivity index (χ4n) is 4.06. The van der Waals surface area contributed by atoms with Gasteiger partial charge < -0.3 is 14.6 Å². The van der Waals surface area contributed by atoms with Crippen LogP contribution >= 0.6 is 0 Å². The number of carbonyl (C=O) groups is 2. The molecule has 2 rings (SSSR count). The van der Waals surface area contributed by atoms with E-state index < -0.39 is 0 Å². The maximum Gasteiger partial charge on any atom is 0.308 e. The SMILES string of the molecule is C[C@H](CC(C)(C)C)C(=O)OCCCNC(=O)c1cc(-c2ccc(CC(C)(C)C)cc2)cn1C. The Labute approximate surface area is 199 Å². The normalized spacial score (nSPS) is 13.0. The predicted octanol–water partition coefficient (Wildman–Crippen LogP) is 6.02. The third-order valence-electron chi connectivity index (χ3n) is 5.43. The van der Waals surface area contributed by atoms with Crippen molar-refractivity contribution in [3.8, 4) is 11.1 Å². The van der Waals surface area contributed by atoms with Gasteiger partial charge in [-0.05, 0) is 47.3 Å². The first kappa shape index (κ1) is 26.7. The average Bonchev–Trinajstić information content (AvgIpc) is 3.07. The van der Waals surface area contributed by atoms with Crippen LogP contribution in [0.5, 0.6) is 0 Å². The minimum absolute atomic E-state index is 0.0921. The monoisotopic (exact) mass is 454 g/mol. The van der Waals surface area contributed by atoms with Gasteiger partial charge in [0.1, 0.15) is 5.69 Å². The zero-order valence-electron chi connectivity index (χ0n) is 21.7. The molecular formula is C28H42N2O3. The summed E-state index contributed by atoms with van der Waals surface area (Å²) in [5.74, 6) is -0.415. The van der Waals surface area contributed by atoms with Gasteiger partial charge in [-0.15, -0.1) is 0 Å². The van der Waals surface area contributed by atoms with Crippen molar-refractivity contribution < 1.29 is 14.3 Å². The zero-order valence-corrected chi connectivity index (χ0v) is 21.7. The predicted molar refractivity (Wildman–Crippen MR) is 135 cm³/mol. The van der Waals surface area contributed by atoms with Crippen LogP contribution in [0.2, 0.25) is 0 Å². The average molecular weight is 455 g/mol. The van der Waals surface area contributed by atoms with E-state index in [0.29, 0.717) is 25.3 Å². The number of aromatic nitrogens is 1. The first-order valence-corrected chi connectivity index (χ1v) is 12.0. The van der Waals surface area contributed by atoms with Crippen LogP contribution in [0.1, 0.15) is 77.4 Å². The topological polar surface area (TPSA) is 60.3 Å². The number of esters is 1. The molecule has 1 aromatic carbocycles. The van der Waals surface area contributed by atoms with E-state index in [1.807, 2.05) is 30.8 Å². The third kappa shape index (κ3) is 9.07. The number of amides is 1. The fourth-order valence-corrected chi connectivity index (χ4v) is 4.06. The third-order valence-corrected chi connectivity index (χ3v) is 5.43. The molecule has 1 N–H and O–H groups in total. The Kier molecular flexibility index (Phi) is 8.93. The van der Waals surface area contributed by atoms with Gasteiger partial charge in [0.2, 0.25) is 0 Å². The molecule has 0 aliphatic carbocycles. The fraction of sp³-hybridized carbons (Fsp3) is 0.571. The molecule has 0 spiro atoms. The summed E-state index contributed by atoms with van der Waals surface area (Å²) < 4.78 is 7.22. The molecule has 2 aromatic rings. The van der Waals surface area contributed by atoms with Gasteiger partial charge in [0.05, 0.1) is 12.5 Å². The highest BCUT2D eigenvalue weighted by atomic mass is 16.5. The number of rotatable bonds is 9. The van der Waals surface area contributed by atoms with Crippen LogP contribution in [0.15, 0.2) is 36.5 Å². The lowest BCUT2D eigenvalue weighted by molar-refractivity contribution is -0.149. The molecule has 0 radical (unpaired) electrons. The second-order valence-corrected chi connectivity index (χ2v) is 11.6. The summed E-state index contributed by atoms with van der Waals surface area (Å²) in [6, 6.07) is 10.5. The lowest BCUT2D eigenvalue weighted by atomic mass is 9.85. The molecule has 0 saturated carbocycles. The number of benzene rings is 1. The molecule has 0 aliphatic heterocycles. The number of aryl methyl sites for hydroxylation is 1. The number of nitrogens with zero attached hydrogens (tertiary/aromatic N) is 1. The Hall–Kier alpha value is -2.56. The summed E-state index contributed by atoms with van der Waals surface area (Å²) in [4.78, 5) is 24.7. The van der Waals surface area contributed by atoms with E-state index in [-0.39, 0.29) is 28.6 Å². The smallest absolute Gasteiger partial charge is 0.308 e. The van der Waals surface area contributed by atoms with E-state index >= 15 is 0 Å². The van der Waals surface area contributed by atoms with Gasteiger partial charge in [-0.3, -0.25) is 9.59 Å². The molecule has 1 atom stereocenters. The lowest BCUT2D eigenvalue weighted by Crippen LogP contribution is -2.27. The van der Waals surface area contributed by atoms with E-state index in [2.05, 4.69) is 71.1 Å². The number of nitrogens with one attached hydrogen (secondary N) is 1. The zero-order chi connectivity index (χ0) is 24.8. The van der Waals surface area contributed by atoms with Crippen LogP contribution < -0.4 is 5.32 Å². The summed E-state index contributed by atoms with van der Waals surface area (Å²) in [7, 11) is 1.88. The Bertz CT molecular complexity index is 928. The minimum Gasteiger partial charge on any atom is -0.465 e. The standard InChI is InChI=1S/C28H42N2O3/c1-20(17-27(2,3)4)26(32)33-15-9-14-29-25(31)24-16-23(19-30(24)8)22-12-10-21(11-13-22)18-28(5,6)7/h10-13,16,19-20H,9,14-15,17-18H2,1-8H3,(H,29,31)/t20-/m1/s1. The van der Waals surface area contributed by atoms with E-state index in [0.717, 1.165) is 24.0 Å². The molecule has 1 aromatic heterocycles. The number of ether oxygens (including phenoxy) is 1. The molecule has 5 nitrogen and oxygen atoms in total. The largest absolute Gasteiger partial charge is 0.465 e. The molecule has 1 amide bonds. The van der Waals surface area contributed by atoms with Crippen molar-refractivity contribution in [1.29, 1.82) is 0 Å². The lowest BCUT2D eigenvalue weighted by Gasteiger charge is -2.22. The molecule has 5 heteroatoms. The minimum atomic E-state index is -0.170. The van der Waals surface area contributed by atoms with Crippen molar-refractivity contribution in [3.05, 3.63) is 47.8 Å². The van der Waals surface area contributed by atoms with Gasteiger partial charge in [0.15, 0.2) is 0 Å². The van der Waals surface area contributed by atoms with Crippen LogP contribution in [0.3, 0.4) is 0 Å². The van der Waals surface area contributed by atoms with Crippen molar-refractivity contribution in [2.75, 3.05) is 13.2 Å². The Morgan fingerprint density at radius 3 is 2.21 bits per heavy atom. The number of hydrogen-bond acceptors (Lipinski definition) is 3. The van der Waals surface area contributed by atoms with Crippen LogP contribution in [-0.4, -0.2) is 29.6 Å². The van der Waals surface area contributed by atoms with Crippen LogP contribution in [0, 0.1) is 16.7 Å². The maximum atomic E-state index is 12.6. The molecule has 182 valence electrons. The van der Waals surface area contributed by atoms with Crippen molar-refractivity contribution >= 4 is 11.9 Å². The highest BCUT2D eigenvalue weighted by molar-refractivity contribution is 5.94. The second-order valence-electron chi connectivity index (χ2n) is 11.6. The van der Waals surface area contributed by atoms with Crippen molar-refractivity contribution in [1.82, 2.24) is 9.88 Å². The van der Waals surface area contributed by atoms with E-state index in [1.54, 1.807) is 0 Å². The van der Waals surface area contributed by atoms with Gasteiger partial charge in [0, 0.05) is 25.4 Å². The van der Waals surface area contributed by atoms with E-state index in [9.17, 15) is 9.59 Å². The highest BCUT2D eigenvalue weighted by Crippen LogP contribution is 2.26. The second kappa shape index (κ2) is 11.0. The molecule has 1 heterocycles. The summed E-state index contributed by atoms with van der Waals surface area (Å²) in [5.41, 5.74) is 4.38. The Morgan fingerprint density at radius 1 is 1.00 bits per heavy atom. The molecule has 33 heavy (non-hydrogen) atoms. The quantitative estimate of drug-likeness (QED) is 0.372. The maximum absolute atomic E-state index is 12.6. The number of carbonyl (C=O) groups excluding carboxylic acids is 2. The van der Waals surface area contributed by atoms with Crippen LogP contribution in [0.4, 0.5) is 0 Å². The van der Waals surface area contributed by atoms with E-state index in [4.69, 9.17) is 4.74 Å². The van der Waals surface area contributed by atoms with Gasteiger partial charge in [-0.2, -0.15) is 0 Å². The highest BCUT2D eigenvalue weighted by Gasteiger charge is 2.22. The summed E-state index contributed by atoms with van der Waals surface area (Å²) in [5, 5.41) is 2.93. The van der Waals surface area contributed by atoms with Crippen LogP contribution in [-0.2, 0) is 23.0 Å². The Morgan fingerprint density at radius 2 is 1.64 bits per heavy atom. The summed E-state index contributed by atoms with van der Waals surface area (Å²) in [6.45, 7) is 15.7. The van der Waals surface area contributed by atoms with E-state index in [1.165, 1.54) is 5.56 Å².